The molecule has 2 N–H and O–H groups in total. The first kappa shape index (κ1) is 16.3. The maximum atomic E-state index is 12.4. The Labute approximate surface area is 115 Å². The number of aliphatic hydroxyl groups is 1. The number of hydrogen-bond acceptors (Lipinski definition) is 3. The van der Waals surface area contributed by atoms with Crippen LogP contribution < -0.4 is 5.32 Å². The molecule has 1 aromatic rings. The third kappa shape index (κ3) is 5.84. The lowest BCUT2D eigenvalue weighted by Crippen LogP contribution is -2.39. The first-order valence-electron chi connectivity index (χ1n) is 5.83. The Balaban J connectivity index is 2.47. The van der Waals surface area contributed by atoms with E-state index in [4.69, 9.17) is 0 Å². The van der Waals surface area contributed by atoms with Crippen molar-refractivity contribution in [3.05, 3.63) is 35.4 Å². The van der Waals surface area contributed by atoms with Gasteiger partial charge in [-0.1, -0.05) is 12.1 Å². The van der Waals surface area contributed by atoms with Crippen LogP contribution in [0.2, 0.25) is 0 Å². The zero-order valence-corrected chi connectivity index (χ0v) is 11.7. The van der Waals surface area contributed by atoms with Crippen molar-refractivity contribution in [3.63, 3.8) is 0 Å². The van der Waals surface area contributed by atoms with Gasteiger partial charge in [-0.15, -0.1) is 0 Å². The summed E-state index contributed by atoms with van der Waals surface area (Å²) >= 11 is 1.54. The van der Waals surface area contributed by atoms with Gasteiger partial charge in [0.25, 0.3) is 0 Å². The molecule has 0 spiro atoms. The third-order valence-corrected chi connectivity index (χ3v) is 3.48. The van der Waals surface area contributed by atoms with Crippen LogP contribution in [0.5, 0.6) is 0 Å². The fourth-order valence-electron chi connectivity index (χ4n) is 1.65. The van der Waals surface area contributed by atoms with Gasteiger partial charge in [-0.05, 0) is 30.9 Å². The lowest BCUT2D eigenvalue weighted by molar-refractivity contribution is -0.137. The predicted octanol–water partition coefficient (Wildman–Crippen LogP) is 2.91. The molecule has 2 nitrogen and oxygen atoms in total. The molecule has 108 valence electrons. The van der Waals surface area contributed by atoms with Crippen molar-refractivity contribution in [3.8, 4) is 0 Å². The van der Waals surface area contributed by atoms with Gasteiger partial charge in [-0.3, -0.25) is 0 Å². The maximum absolute atomic E-state index is 12.4. The average Bonchev–Trinajstić information content (AvgIpc) is 2.28. The zero-order chi connectivity index (χ0) is 14.5. The molecule has 0 bridgehead atoms. The number of benzene rings is 1. The Bertz CT molecular complexity index is 390. The van der Waals surface area contributed by atoms with Gasteiger partial charge in [-0.2, -0.15) is 24.9 Å². The third-order valence-electron chi connectivity index (χ3n) is 2.57. The van der Waals surface area contributed by atoms with Gasteiger partial charge in [0.1, 0.15) is 0 Å². The Hall–Kier alpha value is -0.720. The van der Waals surface area contributed by atoms with Crippen molar-refractivity contribution in [1.29, 1.82) is 0 Å². The van der Waals surface area contributed by atoms with Gasteiger partial charge in [0.2, 0.25) is 0 Å². The largest absolute Gasteiger partial charge is 0.416 e. The van der Waals surface area contributed by atoms with E-state index < -0.39 is 17.3 Å². The number of nitrogens with one attached hydrogen (secondary N) is 1. The molecule has 0 aliphatic rings. The molecule has 0 aliphatic heterocycles. The van der Waals surface area contributed by atoms with Crippen molar-refractivity contribution in [2.45, 2.75) is 25.2 Å². The molecule has 1 rings (SSSR count). The van der Waals surface area contributed by atoms with Gasteiger partial charge in [0, 0.05) is 18.8 Å². The van der Waals surface area contributed by atoms with Crippen LogP contribution >= 0.6 is 11.8 Å². The van der Waals surface area contributed by atoms with Crippen LogP contribution in [0.15, 0.2) is 24.3 Å². The Morgan fingerprint density at radius 1 is 1.21 bits per heavy atom. The molecule has 1 aromatic carbocycles. The van der Waals surface area contributed by atoms with E-state index in [2.05, 4.69) is 5.32 Å². The summed E-state index contributed by atoms with van der Waals surface area (Å²) in [5, 5.41) is 13.0. The van der Waals surface area contributed by atoms with Crippen molar-refractivity contribution in [1.82, 2.24) is 5.32 Å². The van der Waals surface area contributed by atoms with Gasteiger partial charge in [0.05, 0.1) is 11.2 Å². The average molecular weight is 293 g/mol. The van der Waals surface area contributed by atoms with E-state index in [9.17, 15) is 18.3 Å². The standard InChI is InChI=1S/C13H18F3NOS/c1-12(18,9-19-2)8-17-7-10-3-5-11(6-4-10)13(14,15)16/h3-6,17-18H,7-9H2,1-2H3. The number of halogens is 3. The van der Waals surface area contributed by atoms with Gasteiger partial charge >= 0.3 is 6.18 Å². The summed E-state index contributed by atoms with van der Waals surface area (Å²) in [4.78, 5) is 0. The molecule has 0 saturated heterocycles. The molecule has 0 amide bonds. The fourth-order valence-corrected chi connectivity index (χ4v) is 2.37. The molecule has 0 heterocycles. The van der Waals surface area contributed by atoms with Gasteiger partial charge < -0.3 is 10.4 Å². The van der Waals surface area contributed by atoms with Crippen LogP contribution in [0, 0.1) is 0 Å². The summed E-state index contributed by atoms with van der Waals surface area (Å²) in [5.41, 5.74) is -0.704. The summed E-state index contributed by atoms with van der Waals surface area (Å²) in [7, 11) is 0. The molecule has 1 atom stereocenters. The monoisotopic (exact) mass is 293 g/mol. The van der Waals surface area contributed by atoms with Gasteiger partial charge in [0.15, 0.2) is 0 Å². The highest BCUT2D eigenvalue weighted by molar-refractivity contribution is 7.98. The van der Waals surface area contributed by atoms with E-state index in [1.54, 1.807) is 18.7 Å². The van der Waals surface area contributed by atoms with Crippen LogP contribution in [-0.2, 0) is 12.7 Å². The lowest BCUT2D eigenvalue weighted by Gasteiger charge is -2.22. The smallest absolute Gasteiger partial charge is 0.388 e. The zero-order valence-electron chi connectivity index (χ0n) is 10.9. The normalized spacial score (nSPS) is 15.3. The molecule has 6 heteroatoms. The minimum Gasteiger partial charge on any atom is -0.388 e. The molecule has 0 aromatic heterocycles. The molecule has 0 fully saturated rings. The SMILES string of the molecule is CSCC(C)(O)CNCc1ccc(C(F)(F)F)cc1. The minimum absolute atomic E-state index is 0.398. The highest BCUT2D eigenvalue weighted by atomic mass is 32.2. The van der Waals surface area contributed by atoms with Crippen molar-refractivity contribution in [2.24, 2.45) is 0 Å². The molecule has 0 aliphatic carbocycles. The van der Waals surface area contributed by atoms with Crippen LogP contribution in [0.1, 0.15) is 18.1 Å². The summed E-state index contributed by atoms with van der Waals surface area (Å²) in [6, 6.07) is 5.02. The topological polar surface area (TPSA) is 32.3 Å². The molecular formula is C13H18F3NOS. The predicted molar refractivity (Wildman–Crippen MR) is 72.2 cm³/mol. The lowest BCUT2D eigenvalue weighted by atomic mass is 10.1. The van der Waals surface area contributed by atoms with E-state index in [-0.39, 0.29) is 0 Å². The minimum atomic E-state index is -4.30. The van der Waals surface area contributed by atoms with E-state index in [1.807, 2.05) is 6.26 Å². The quantitative estimate of drug-likeness (QED) is 0.846. The molecular weight excluding hydrogens is 275 g/mol. The molecule has 0 saturated carbocycles. The summed E-state index contributed by atoms with van der Waals surface area (Å²) in [6.07, 6.45) is -2.39. The van der Waals surface area contributed by atoms with Crippen molar-refractivity contribution >= 4 is 11.8 Å². The van der Waals surface area contributed by atoms with E-state index in [0.717, 1.165) is 17.7 Å². The molecule has 19 heavy (non-hydrogen) atoms. The van der Waals surface area contributed by atoms with Gasteiger partial charge in [-0.25, -0.2) is 0 Å². The first-order valence-corrected chi connectivity index (χ1v) is 7.22. The highest BCUT2D eigenvalue weighted by Gasteiger charge is 2.29. The second-order valence-electron chi connectivity index (χ2n) is 4.73. The number of rotatable bonds is 6. The Kier molecular flexibility index (Phi) is 5.70. The molecule has 1 unspecified atom stereocenters. The van der Waals surface area contributed by atoms with Crippen molar-refractivity contribution < 1.29 is 18.3 Å². The highest BCUT2D eigenvalue weighted by Crippen LogP contribution is 2.29. The second kappa shape index (κ2) is 6.63. The number of alkyl halides is 3. The first-order chi connectivity index (χ1) is 8.74. The summed E-state index contributed by atoms with van der Waals surface area (Å²) < 4.78 is 37.1. The molecule has 0 radical (unpaired) electrons. The van der Waals surface area contributed by atoms with Crippen molar-refractivity contribution in [2.75, 3.05) is 18.6 Å². The van der Waals surface area contributed by atoms with E-state index >= 15 is 0 Å². The Morgan fingerprint density at radius 3 is 2.26 bits per heavy atom. The summed E-state index contributed by atoms with van der Waals surface area (Å²) in [5.74, 6) is 0.604. The summed E-state index contributed by atoms with van der Waals surface area (Å²) in [6.45, 7) is 2.56. The van der Waals surface area contributed by atoms with Crippen LogP contribution in [-0.4, -0.2) is 29.3 Å². The fraction of sp³-hybridized carbons (Fsp3) is 0.538. The van der Waals surface area contributed by atoms with E-state index in [0.29, 0.717) is 18.8 Å². The number of hydrogen-bond donors (Lipinski definition) is 2. The van der Waals surface area contributed by atoms with Crippen LogP contribution in [0.3, 0.4) is 0 Å². The maximum Gasteiger partial charge on any atom is 0.416 e. The number of thioether (sulfide) groups is 1. The Morgan fingerprint density at radius 2 is 1.79 bits per heavy atom. The second-order valence-corrected chi connectivity index (χ2v) is 5.59. The van der Waals surface area contributed by atoms with Crippen LogP contribution in [0.4, 0.5) is 13.2 Å². The van der Waals surface area contributed by atoms with Crippen LogP contribution in [0.25, 0.3) is 0 Å². The van der Waals surface area contributed by atoms with E-state index in [1.165, 1.54) is 12.1 Å².